The second-order valence-electron chi connectivity index (χ2n) is 2.85. The van der Waals surface area contributed by atoms with Crippen LogP contribution in [0.1, 0.15) is 12.6 Å². The lowest BCUT2D eigenvalue weighted by Crippen LogP contribution is -2.25. The van der Waals surface area contributed by atoms with Gasteiger partial charge in [-0.1, -0.05) is 5.16 Å². The highest BCUT2D eigenvalue weighted by molar-refractivity contribution is 7.13. The number of Topliss-reactive ketones (excluding diaryl/α,β-unsaturated/α-hetero) is 1. The third-order valence-corrected chi connectivity index (χ3v) is 2.10. The van der Waals surface area contributed by atoms with E-state index in [-0.39, 0.29) is 28.9 Å². The second kappa shape index (κ2) is 5.21. The van der Waals surface area contributed by atoms with Gasteiger partial charge in [-0.25, -0.2) is 4.98 Å². The zero-order valence-corrected chi connectivity index (χ0v) is 9.28. The number of hydrogen-bond donors (Lipinski definition) is 2. The van der Waals surface area contributed by atoms with Crippen molar-refractivity contribution in [1.29, 1.82) is 0 Å². The van der Waals surface area contributed by atoms with Gasteiger partial charge in [-0.15, -0.1) is 11.3 Å². The van der Waals surface area contributed by atoms with Crippen LogP contribution in [0.4, 0.5) is 5.13 Å². The van der Waals surface area contributed by atoms with Crippen LogP contribution < -0.4 is 11.5 Å². The fourth-order valence-electron chi connectivity index (χ4n) is 0.802. The van der Waals surface area contributed by atoms with E-state index in [1.54, 1.807) is 0 Å². The lowest BCUT2D eigenvalue weighted by atomic mass is 10.3. The summed E-state index contributed by atoms with van der Waals surface area (Å²) in [6.07, 6.45) is 0. The molecule has 0 aromatic carbocycles. The number of carbonyl (C=O) groups is 2. The Bertz CT molecular complexity index is 440. The lowest BCUT2D eigenvalue weighted by Gasteiger charge is -1.98. The van der Waals surface area contributed by atoms with Gasteiger partial charge in [0.15, 0.2) is 23.2 Å². The maximum atomic E-state index is 11.0. The zero-order valence-electron chi connectivity index (χ0n) is 8.47. The minimum atomic E-state index is -0.797. The lowest BCUT2D eigenvalue weighted by molar-refractivity contribution is -0.121. The molecule has 86 valence electrons. The fraction of sp³-hybridized carbons (Fsp3) is 0.250. The average Bonchev–Trinajstić information content (AvgIpc) is 2.58. The van der Waals surface area contributed by atoms with Crippen LogP contribution in [0.15, 0.2) is 10.5 Å². The summed E-state index contributed by atoms with van der Waals surface area (Å²) in [6.45, 7) is 1.11. The number of primary amides is 1. The molecule has 1 heterocycles. The summed E-state index contributed by atoms with van der Waals surface area (Å²) in [6, 6.07) is 0. The Labute approximate surface area is 95.1 Å². The van der Waals surface area contributed by atoms with Crippen molar-refractivity contribution in [3.05, 3.63) is 11.1 Å². The number of thiazole rings is 1. The van der Waals surface area contributed by atoms with Crippen molar-refractivity contribution >= 4 is 33.9 Å². The van der Waals surface area contributed by atoms with Crippen molar-refractivity contribution in [2.24, 2.45) is 10.9 Å². The highest BCUT2D eigenvalue weighted by atomic mass is 32.1. The summed E-state index contributed by atoms with van der Waals surface area (Å²) < 4.78 is 0. The van der Waals surface area contributed by atoms with Crippen LogP contribution in [-0.2, 0) is 14.4 Å². The Hall–Kier alpha value is -1.96. The van der Waals surface area contributed by atoms with Gasteiger partial charge in [-0.2, -0.15) is 0 Å². The van der Waals surface area contributed by atoms with Gasteiger partial charge < -0.3 is 16.3 Å². The maximum Gasteiger partial charge on any atom is 0.273 e. The quantitative estimate of drug-likeness (QED) is 0.533. The molecule has 0 atom stereocenters. The van der Waals surface area contributed by atoms with Crippen LogP contribution in [-0.4, -0.2) is 29.0 Å². The second-order valence-corrected chi connectivity index (χ2v) is 3.74. The van der Waals surface area contributed by atoms with E-state index < -0.39 is 5.91 Å². The highest BCUT2D eigenvalue weighted by Gasteiger charge is 2.14. The van der Waals surface area contributed by atoms with Gasteiger partial charge in [-0.3, -0.25) is 9.59 Å². The van der Waals surface area contributed by atoms with E-state index in [0.29, 0.717) is 0 Å². The van der Waals surface area contributed by atoms with Crippen molar-refractivity contribution in [3.8, 4) is 0 Å². The molecule has 1 aromatic rings. The molecule has 8 heteroatoms. The van der Waals surface area contributed by atoms with Crippen molar-refractivity contribution < 1.29 is 14.4 Å². The van der Waals surface area contributed by atoms with Gasteiger partial charge >= 0.3 is 0 Å². The van der Waals surface area contributed by atoms with E-state index in [1.165, 1.54) is 12.3 Å². The fourth-order valence-corrected chi connectivity index (χ4v) is 1.35. The molecule has 0 aliphatic rings. The maximum absolute atomic E-state index is 11.0. The number of ketones is 1. The third-order valence-electron chi connectivity index (χ3n) is 1.42. The molecule has 0 unspecified atom stereocenters. The van der Waals surface area contributed by atoms with Crippen LogP contribution in [0.5, 0.6) is 0 Å². The summed E-state index contributed by atoms with van der Waals surface area (Å²) in [5, 5.41) is 5.27. The molecule has 0 aliphatic carbocycles. The van der Waals surface area contributed by atoms with E-state index in [0.717, 1.165) is 11.3 Å². The molecule has 0 radical (unpaired) electrons. The Morgan fingerprint density at radius 1 is 1.62 bits per heavy atom. The minimum Gasteiger partial charge on any atom is -0.387 e. The predicted molar refractivity (Wildman–Crippen MR) is 58.9 cm³/mol. The van der Waals surface area contributed by atoms with E-state index in [1.807, 2.05) is 0 Å². The third kappa shape index (κ3) is 3.31. The minimum absolute atomic E-state index is 0.158. The number of anilines is 1. The van der Waals surface area contributed by atoms with Crippen molar-refractivity contribution in [2.45, 2.75) is 6.92 Å². The zero-order chi connectivity index (χ0) is 12.1. The van der Waals surface area contributed by atoms with E-state index in [9.17, 15) is 9.59 Å². The molecule has 0 saturated heterocycles. The van der Waals surface area contributed by atoms with Gasteiger partial charge in [0.2, 0.25) is 0 Å². The Morgan fingerprint density at radius 3 is 2.75 bits per heavy atom. The molecule has 0 fully saturated rings. The number of aromatic nitrogens is 1. The first-order valence-electron chi connectivity index (χ1n) is 4.21. The number of carbonyl (C=O) groups excluding carboxylic acids is 2. The smallest absolute Gasteiger partial charge is 0.273 e. The van der Waals surface area contributed by atoms with Crippen LogP contribution in [0.25, 0.3) is 0 Å². The Kier molecular flexibility index (Phi) is 3.95. The monoisotopic (exact) mass is 242 g/mol. The largest absolute Gasteiger partial charge is 0.387 e. The summed E-state index contributed by atoms with van der Waals surface area (Å²) in [7, 11) is 0. The molecule has 0 spiro atoms. The van der Waals surface area contributed by atoms with Crippen molar-refractivity contribution in [3.63, 3.8) is 0 Å². The summed E-state index contributed by atoms with van der Waals surface area (Å²) >= 11 is 1.15. The summed E-state index contributed by atoms with van der Waals surface area (Å²) in [5.74, 6) is -1.01. The van der Waals surface area contributed by atoms with Crippen molar-refractivity contribution in [1.82, 2.24) is 4.98 Å². The topological polar surface area (TPSA) is 121 Å². The molecule has 0 aliphatic heterocycles. The van der Waals surface area contributed by atoms with Gasteiger partial charge in [0.25, 0.3) is 5.91 Å². The first-order chi connectivity index (χ1) is 7.50. The number of nitrogens with two attached hydrogens (primary N) is 2. The average molecular weight is 242 g/mol. The first kappa shape index (κ1) is 12.1. The molecular weight excluding hydrogens is 232 g/mol. The van der Waals surface area contributed by atoms with Crippen LogP contribution in [0.2, 0.25) is 0 Å². The van der Waals surface area contributed by atoms with Crippen LogP contribution in [0, 0.1) is 0 Å². The predicted octanol–water partition coefficient (Wildman–Crippen LogP) is -0.480. The molecule has 1 amide bonds. The number of amides is 1. The number of oxime groups is 1. The Morgan fingerprint density at radius 2 is 2.31 bits per heavy atom. The van der Waals surface area contributed by atoms with Gasteiger partial charge in [0.05, 0.1) is 0 Å². The molecule has 1 rings (SSSR count). The summed E-state index contributed by atoms with van der Waals surface area (Å²) in [4.78, 5) is 30.1. The first-order valence-corrected chi connectivity index (χ1v) is 5.09. The highest BCUT2D eigenvalue weighted by Crippen LogP contribution is 2.12. The van der Waals surface area contributed by atoms with Gasteiger partial charge in [0.1, 0.15) is 5.69 Å². The molecule has 7 nitrogen and oxygen atoms in total. The number of hydrogen-bond acceptors (Lipinski definition) is 7. The number of nitrogens with zero attached hydrogens (tertiary/aromatic N) is 2. The number of nitrogen functional groups attached to an aromatic ring is 1. The normalized spacial score (nSPS) is 11.2. The van der Waals surface area contributed by atoms with Gasteiger partial charge in [0, 0.05) is 5.38 Å². The Balaban J connectivity index is 2.83. The van der Waals surface area contributed by atoms with Crippen LogP contribution >= 0.6 is 11.3 Å². The standard InChI is InChI=1S/C8H10N4O3S/c1-4(13)2-15-12-6(7(9)14)5-3-16-8(10)11-5/h3H,2H2,1H3,(H2,9,14)(H2,10,11)/b12-6-. The van der Waals surface area contributed by atoms with Crippen LogP contribution in [0.3, 0.4) is 0 Å². The van der Waals surface area contributed by atoms with E-state index >= 15 is 0 Å². The molecule has 16 heavy (non-hydrogen) atoms. The van der Waals surface area contributed by atoms with E-state index in [4.69, 9.17) is 11.5 Å². The molecule has 4 N–H and O–H groups in total. The summed E-state index contributed by atoms with van der Waals surface area (Å²) in [5.41, 5.74) is 10.6. The van der Waals surface area contributed by atoms with Crippen molar-refractivity contribution in [2.75, 3.05) is 12.3 Å². The molecule has 1 aromatic heterocycles. The van der Waals surface area contributed by atoms with Gasteiger partial charge in [-0.05, 0) is 6.92 Å². The molecular formula is C8H10N4O3S. The SMILES string of the molecule is CC(=O)CO/N=C(\C(N)=O)c1csc(N)n1. The molecule has 0 saturated carbocycles. The van der Waals surface area contributed by atoms with E-state index in [2.05, 4.69) is 15.0 Å². The number of rotatable bonds is 5. The molecule has 0 bridgehead atoms.